The first-order valence-corrected chi connectivity index (χ1v) is 11.0. The molecule has 160 valence electrons. The highest BCUT2D eigenvalue weighted by Gasteiger charge is 2.39. The fourth-order valence-electron chi connectivity index (χ4n) is 2.94. The van der Waals surface area contributed by atoms with Gasteiger partial charge in [-0.15, -0.1) is 0 Å². The maximum absolute atomic E-state index is 12.7. The molecule has 2 N–H and O–H groups in total. The Kier molecular flexibility index (Phi) is 6.69. The molecular weight excluding hydrogens is 398 g/mol. The van der Waals surface area contributed by atoms with E-state index in [2.05, 4.69) is 10.6 Å². The Morgan fingerprint density at radius 2 is 1.76 bits per heavy atom. The van der Waals surface area contributed by atoms with Crippen LogP contribution in [-0.4, -0.2) is 54.6 Å². The van der Waals surface area contributed by atoms with Crippen molar-refractivity contribution < 1.29 is 27.5 Å². The SMILES string of the molecule is C[C@H](OC(=O)[C@@H]1Cc2ccccc2CN1S(C)(=O)=O)C(=O)NC(=O)NC(C)(C)C. The molecule has 29 heavy (non-hydrogen) atoms. The molecule has 2 rings (SSSR count). The van der Waals surface area contributed by atoms with Crippen LogP contribution < -0.4 is 10.6 Å². The van der Waals surface area contributed by atoms with Crippen LogP contribution in [0.4, 0.5) is 4.79 Å². The van der Waals surface area contributed by atoms with Crippen molar-refractivity contribution >= 4 is 27.9 Å². The molecule has 0 radical (unpaired) electrons. The Hall–Kier alpha value is -2.46. The summed E-state index contributed by atoms with van der Waals surface area (Å²) in [6.07, 6.45) is -0.110. The minimum absolute atomic E-state index is 0.0450. The highest BCUT2D eigenvalue weighted by Crippen LogP contribution is 2.26. The summed E-state index contributed by atoms with van der Waals surface area (Å²) >= 11 is 0. The fraction of sp³-hybridized carbons (Fsp3) is 0.526. The third kappa shape index (κ3) is 6.26. The van der Waals surface area contributed by atoms with Gasteiger partial charge >= 0.3 is 12.0 Å². The lowest BCUT2D eigenvalue weighted by Gasteiger charge is -2.33. The van der Waals surface area contributed by atoms with E-state index in [1.54, 1.807) is 39.0 Å². The van der Waals surface area contributed by atoms with Crippen molar-refractivity contribution in [2.24, 2.45) is 0 Å². The number of carbonyl (C=O) groups is 3. The van der Waals surface area contributed by atoms with E-state index < -0.39 is 45.6 Å². The van der Waals surface area contributed by atoms with Gasteiger partial charge in [-0.2, -0.15) is 4.31 Å². The summed E-state index contributed by atoms with van der Waals surface area (Å²) < 4.78 is 30.6. The second kappa shape index (κ2) is 8.50. The zero-order valence-electron chi connectivity index (χ0n) is 17.2. The molecule has 9 nitrogen and oxygen atoms in total. The van der Waals surface area contributed by atoms with Crippen LogP contribution in [0.25, 0.3) is 0 Å². The average Bonchev–Trinajstić information content (AvgIpc) is 2.57. The van der Waals surface area contributed by atoms with E-state index >= 15 is 0 Å². The lowest BCUT2D eigenvalue weighted by atomic mass is 9.96. The molecule has 2 atom stereocenters. The third-order valence-electron chi connectivity index (χ3n) is 4.29. The van der Waals surface area contributed by atoms with Gasteiger partial charge in [0.1, 0.15) is 6.04 Å². The van der Waals surface area contributed by atoms with Crippen molar-refractivity contribution in [3.63, 3.8) is 0 Å². The molecule has 0 saturated carbocycles. The minimum atomic E-state index is -3.69. The fourth-order valence-corrected chi connectivity index (χ4v) is 3.94. The Morgan fingerprint density at radius 1 is 1.17 bits per heavy atom. The number of ether oxygens (including phenoxy) is 1. The van der Waals surface area contributed by atoms with Gasteiger partial charge in [0.05, 0.1) is 6.26 Å². The molecule has 0 aliphatic carbocycles. The number of benzene rings is 1. The number of amides is 3. The summed E-state index contributed by atoms with van der Waals surface area (Å²) in [6, 6.07) is 5.43. The Morgan fingerprint density at radius 3 is 2.31 bits per heavy atom. The van der Waals surface area contributed by atoms with Crippen LogP contribution in [0.5, 0.6) is 0 Å². The normalized spacial score (nSPS) is 18.3. The second-order valence-corrected chi connectivity index (χ2v) is 10.0. The summed E-state index contributed by atoms with van der Waals surface area (Å²) in [6.45, 7) is 6.62. The van der Waals surface area contributed by atoms with Crippen molar-refractivity contribution in [3.05, 3.63) is 35.4 Å². The van der Waals surface area contributed by atoms with Gasteiger partial charge in [-0.1, -0.05) is 24.3 Å². The Balaban J connectivity index is 2.09. The molecule has 1 aliphatic heterocycles. The van der Waals surface area contributed by atoms with Crippen LogP contribution in [0.15, 0.2) is 24.3 Å². The van der Waals surface area contributed by atoms with Crippen molar-refractivity contribution in [2.75, 3.05) is 6.26 Å². The number of imide groups is 1. The van der Waals surface area contributed by atoms with Crippen molar-refractivity contribution in [3.8, 4) is 0 Å². The summed E-state index contributed by atoms with van der Waals surface area (Å²) in [5.74, 6) is -1.65. The predicted molar refractivity (Wildman–Crippen MR) is 106 cm³/mol. The molecule has 1 aromatic rings. The van der Waals surface area contributed by atoms with Gasteiger partial charge in [-0.3, -0.25) is 14.9 Å². The topological polar surface area (TPSA) is 122 Å². The highest BCUT2D eigenvalue weighted by atomic mass is 32.2. The number of esters is 1. The van der Waals surface area contributed by atoms with E-state index in [1.807, 2.05) is 6.07 Å². The second-order valence-electron chi connectivity index (χ2n) is 8.07. The van der Waals surface area contributed by atoms with Gasteiger partial charge in [0.2, 0.25) is 10.0 Å². The number of fused-ring (bicyclic) bond motifs is 1. The maximum Gasteiger partial charge on any atom is 0.325 e. The maximum atomic E-state index is 12.7. The van der Waals surface area contributed by atoms with Gasteiger partial charge < -0.3 is 10.1 Å². The first-order chi connectivity index (χ1) is 13.3. The average molecular weight is 426 g/mol. The number of rotatable bonds is 4. The van der Waals surface area contributed by atoms with E-state index in [0.29, 0.717) is 0 Å². The van der Waals surface area contributed by atoms with Crippen LogP contribution in [0.2, 0.25) is 0 Å². The first kappa shape index (κ1) is 22.8. The van der Waals surface area contributed by atoms with Crippen LogP contribution >= 0.6 is 0 Å². The minimum Gasteiger partial charge on any atom is -0.451 e. The zero-order chi connectivity index (χ0) is 22.0. The predicted octanol–water partition coefficient (Wildman–Crippen LogP) is 0.929. The molecule has 0 saturated heterocycles. The lowest BCUT2D eigenvalue weighted by Crippen LogP contribution is -2.52. The van der Waals surface area contributed by atoms with Gasteiger partial charge in [-0.05, 0) is 38.8 Å². The van der Waals surface area contributed by atoms with Crippen LogP contribution in [0.3, 0.4) is 0 Å². The number of sulfonamides is 1. The van der Waals surface area contributed by atoms with E-state index in [1.165, 1.54) is 6.92 Å². The van der Waals surface area contributed by atoms with Crippen LogP contribution in [-0.2, 0) is 37.3 Å². The van der Waals surface area contributed by atoms with Gasteiger partial charge in [0.25, 0.3) is 5.91 Å². The monoisotopic (exact) mass is 425 g/mol. The van der Waals surface area contributed by atoms with Crippen molar-refractivity contribution in [1.29, 1.82) is 0 Å². The molecule has 0 unspecified atom stereocenters. The quantitative estimate of drug-likeness (QED) is 0.692. The largest absolute Gasteiger partial charge is 0.451 e. The van der Waals surface area contributed by atoms with Gasteiger partial charge in [-0.25, -0.2) is 13.2 Å². The number of nitrogens with zero attached hydrogens (tertiary/aromatic N) is 1. The van der Waals surface area contributed by atoms with Crippen LogP contribution in [0.1, 0.15) is 38.8 Å². The summed E-state index contributed by atoms with van der Waals surface area (Å²) in [5.41, 5.74) is 1.11. The number of carbonyl (C=O) groups excluding carboxylic acids is 3. The molecule has 1 aromatic carbocycles. The lowest BCUT2D eigenvalue weighted by molar-refractivity contribution is -0.158. The standard InChI is InChI=1S/C19H27N3O6S/c1-12(16(23)20-18(25)21-19(2,3)4)28-17(24)15-10-13-8-6-7-9-14(13)11-22(15)29(5,26)27/h6-9,12,15H,10-11H2,1-5H3,(H2,20,21,23,25)/t12-,15-/m0/s1. The molecule has 3 amide bonds. The molecule has 0 aromatic heterocycles. The van der Waals surface area contributed by atoms with Crippen molar-refractivity contribution in [2.45, 2.75) is 58.3 Å². The number of hydrogen-bond acceptors (Lipinski definition) is 6. The first-order valence-electron chi connectivity index (χ1n) is 9.15. The molecular formula is C19H27N3O6S. The Bertz CT molecular complexity index is 907. The summed E-state index contributed by atoms with van der Waals surface area (Å²) in [4.78, 5) is 36.6. The molecule has 0 bridgehead atoms. The van der Waals surface area contributed by atoms with E-state index in [4.69, 9.17) is 4.74 Å². The number of nitrogens with one attached hydrogen (secondary N) is 2. The van der Waals surface area contributed by atoms with E-state index in [0.717, 1.165) is 21.7 Å². The highest BCUT2D eigenvalue weighted by molar-refractivity contribution is 7.88. The third-order valence-corrected chi connectivity index (χ3v) is 5.53. The summed E-state index contributed by atoms with van der Waals surface area (Å²) in [7, 11) is -3.69. The van der Waals surface area contributed by atoms with Gasteiger partial charge in [0, 0.05) is 18.5 Å². The number of hydrogen-bond donors (Lipinski definition) is 2. The van der Waals surface area contributed by atoms with E-state index in [-0.39, 0.29) is 13.0 Å². The Labute approximate surface area is 170 Å². The number of urea groups is 1. The zero-order valence-corrected chi connectivity index (χ0v) is 18.0. The van der Waals surface area contributed by atoms with Crippen molar-refractivity contribution in [1.82, 2.24) is 14.9 Å². The molecule has 10 heteroatoms. The molecule has 1 heterocycles. The van der Waals surface area contributed by atoms with Gasteiger partial charge in [0.15, 0.2) is 6.10 Å². The van der Waals surface area contributed by atoms with E-state index in [9.17, 15) is 22.8 Å². The summed E-state index contributed by atoms with van der Waals surface area (Å²) in [5, 5.41) is 4.66. The molecule has 0 spiro atoms. The molecule has 0 fully saturated rings. The smallest absolute Gasteiger partial charge is 0.325 e. The molecule has 1 aliphatic rings. The van der Waals surface area contributed by atoms with Crippen LogP contribution in [0, 0.1) is 0 Å².